The van der Waals surface area contributed by atoms with Crippen LogP contribution in [0.5, 0.6) is 5.75 Å². The van der Waals surface area contributed by atoms with Crippen LogP contribution >= 0.6 is 0 Å². The van der Waals surface area contributed by atoms with Gasteiger partial charge in [0.1, 0.15) is 5.75 Å². The number of benzene rings is 1. The number of hydrogen-bond acceptors (Lipinski definition) is 4. The average molecular weight is 275 g/mol. The second kappa shape index (κ2) is 4.98. The smallest absolute Gasteiger partial charge is 0.242 e. The third-order valence-electron chi connectivity index (χ3n) is 4.20. The van der Waals surface area contributed by atoms with Gasteiger partial charge < -0.3 is 20.3 Å². The van der Waals surface area contributed by atoms with Crippen molar-refractivity contribution in [3.63, 3.8) is 0 Å². The molecule has 5 heteroatoms. The number of piperazine rings is 1. The van der Waals surface area contributed by atoms with Crippen LogP contribution in [0.2, 0.25) is 0 Å². The Kier molecular flexibility index (Phi) is 3.30. The zero-order valence-electron chi connectivity index (χ0n) is 11.8. The van der Waals surface area contributed by atoms with Gasteiger partial charge >= 0.3 is 0 Å². The fourth-order valence-corrected chi connectivity index (χ4v) is 2.64. The van der Waals surface area contributed by atoms with Gasteiger partial charge in [-0.05, 0) is 25.0 Å². The first-order valence-corrected chi connectivity index (χ1v) is 7.10. The average Bonchev–Trinajstić information content (AvgIpc) is 3.26. The Hall–Kier alpha value is -1.75. The van der Waals surface area contributed by atoms with Gasteiger partial charge in [-0.3, -0.25) is 4.79 Å². The summed E-state index contributed by atoms with van der Waals surface area (Å²) in [6.07, 6.45) is 1.67. The van der Waals surface area contributed by atoms with E-state index in [1.165, 1.54) is 0 Å². The van der Waals surface area contributed by atoms with Gasteiger partial charge in [0.15, 0.2) is 0 Å². The van der Waals surface area contributed by atoms with Crippen molar-refractivity contribution in [3.8, 4) is 5.75 Å². The Morgan fingerprint density at radius 2 is 1.95 bits per heavy atom. The molecule has 0 bridgehead atoms. The Morgan fingerprint density at radius 3 is 2.55 bits per heavy atom. The highest BCUT2D eigenvalue weighted by atomic mass is 16.5. The van der Waals surface area contributed by atoms with Crippen LogP contribution in [-0.2, 0) is 4.79 Å². The summed E-state index contributed by atoms with van der Waals surface area (Å²) in [6, 6.07) is 8.04. The molecule has 1 saturated carbocycles. The normalized spacial score (nSPS) is 20.7. The summed E-state index contributed by atoms with van der Waals surface area (Å²) in [4.78, 5) is 16.4. The Bertz CT molecular complexity index is 506. The van der Waals surface area contributed by atoms with E-state index in [1.54, 1.807) is 7.11 Å². The van der Waals surface area contributed by atoms with Gasteiger partial charge in [0.25, 0.3) is 0 Å². The number of carbonyl (C=O) groups excluding carboxylic acids is 1. The number of nitrogens with zero attached hydrogens (tertiary/aromatic N) is 2. The number of anilines is 1. The van der Waals surface area contributed by atoms with Crippen molar-refractivity contribution in [1.82, 2.24) is 4.90 Å². The molecule has 0 spiro atoms. The monoisotopic (exact) mass is 275 g/mol. The Labute approximate surface area is 119 Å². The molecular formula is C15H21N3O2. The number of nitrogens with two attached hydrogens (primary N) is 1. The number of amides is 1. The zero-order valence-corrected chi connectivity index (χ0v) is 11.8. The van der Waals surface area contributed by atoms with E-state index in [9.17, 15) is 4.79 Å². The molecular weight excluding hydrogens is 254 g/mol. The number of rotatable bonds is 3. The van der Waals surface area contributed by atoms with Crippen LogP contribution in [0.1, 0.15) is 12.8 Å². The lowest BCUT2D eigenvalue weighted by atomic mass is 10.2. The molecule has 5 nitrogen and oxygen atoms in total. The molecule has 1 aromatic carbocycles. The van der Waals surface area contributed by atoms with Crippen molar-refractivity contribution in [2.75, 3.05) is 38.2 Å². The summed E-state index contributed by atoms with van der Waals surface area (Å²) in [5, 5.41) is 0. The van der Waals surface area contributed by atoms with Gasteiger partial charge in [-0.2, -0.15) is 0 Å². The molecule has 2 aliphatic rings. The molecule has 1 aromatic rings. The van der Waals surface area contributed by atoms with Gasteiger partial charge in [0, 0.05) is 37.9 Å². The van der Waals surface area contributed by atoms with Gasteiger partial charge in [-0.25, -0.2) is 0 Å². The van der Waals surface area contributed by atoms with Crippen molar-refractivity contribution in [3.05, 3.63) is 24.3 Å². The van der Waals surface area contributed by atoms with Crippen LogP contribution in [0, 0.1) is 0 Å². The third-order valence-corrected chi connectivity index (χ3v) is 4.20. The summed E-state index contributed by atoms with van der Waals surface area (Å²) >= 11 is 0. The number of ether oxygens (including phenoxy) is 1. The highest BCUT2D eigenvalue weighted by Gasteiger charge is 2.48. The minimum Gasteiger partial charge on any atom is -0.497 e. The minimum absolute atomic E-state index is 0.128. The largest absolute Gasteiger partial charge is 0.497 e. The maximum Gasteiger partial charge on any atom is 0.242 e. The zero-order chi connectivity index (χ0) is 14.2. The maximum atomic E-state index is 12.2. The molecule has 1 heterocycles. The molecule has 3 rings (SSSR count). The van der Waals surface area contributed by atoms with Gasteiger partial charge in [-0.1, -0.05) is 6.07 Å². The lowest BCUT2D eigenvalue weighted by Crippen LogP contribution is -2.54. The summed E-state index contributed by atoms with van der Waals surface area (Å²) < 4.78 is 5.25. The van der Waals surface area contributed by atoms with E-state index in [0.29, 0.717) is 0 Å². The van der Waals surface area contributed by atoms with E-state index in [4.69, 9.17) is 10.5 Å². The summed E-state index contributed by atoms with van der Waals surface area (Å²) in [7, 11) is 1.67. The Balaban J connectivity index is 1.62. The van der Waals surface area contributed by atoms with Gasteiger partial charge in [-0.15, -0.1) is 0 Å². The number of hydrogen-bond donors (Lipinski definition) is 1. The second-order valence-electron chi connectivity index (χ2n) is 5.64. The fraction of sp³-hybridized carbons (Fsp3) is 0.533. The van der Waals surface area contributed by atoms with E-state index in [0.717, 1.165) is 50.5 Å². The SMILES string of the molecule is COc1cccc(N2CCN(C(=O)C3(N)CC3)CC2)c1. The van der Waals surface area contributed by atoms with Crippen LogP contribution < -0.4 is 15.4 Å². The molecule has 0 radical (unpaired) electrons. The lowest BCUT2D eigenvalue weighted by molar-refractivity contribution is -0.133. The summed E-state index contributed by atoms with van der Waals surface area (Å²) in [5.74, 6) is 0.989. The quantitative estimate of drug-likeness (QED) is 0.888. The van der Waals surface area contributed by atoms with Gasteiger partial charge in [0.05, 0.1) is 12.6 Å². The van der Waals surface area contributed by atoms with Crippen LogP contribution in [0.15, 0.2) is 24.3 Å². The highest BCUT2D eigenvalue weighted by molar-refractivity contribution is 5.89. The first kappa shape index (κ1) is 13.2. The van der Waals surface area contributed by atoms with E-state index in [-0.39, 0.29) is 5.91 Å². The van der Waals surface area contributed by atoms with E-state index < -0.39 is 5.54 Å². The standard InChI is InChI=1S/C15H21N3O2/c1-20-13-4-2-3-12(11-13)17-7-9-18(10-8-17)14(19)15(16)5-6-15/h2-4,11H,5-10,16H2,1H3. The topological polar surface area (TPSA) is 58.8 Å². The molecule has 20 heavy (non-hydrogen) atoms. The molecule has 108 valence electrons. The first-order chi connectivity index (χ1) is 9.62. The van der Waals surface area contributed by atoms with Crippen molar-refractivity contribution in [2.45, 2.75) is 18.4 Å². The Morgan fingerprint density at radius 1 is 1.25 bits per heavy atom. The van der Waals surface area contributed by atoms with E-state index in [1.807, 2.05) is 23.1 Å². The minimum atomic E-state index is -0.544. The molecule has 1 amide bonds. The number of carbonyl (C=O) groups is 1. The lowest BCUT2D eigenvalue weighted by Gasteiger charge is -2.37. The van der Waals surface area contributed by atoms with Gasteiger partial charge in [0.2, 0.25) is 5.91 Å². The highest BCUT2D eigenvalue weighted by Crippen LogP contribution is 2.34. The van der Waals surface area contributed by atoms with Crippen LogP contribution in [0.25, 0.3) is 0 Å². The fourth-order valence-electron chi connectivity index (χ4n) is 2.64. The second-order valence-corrected chi connectivity index (χ2v) is 5.64. The molecule has 1 aliphatic heterocycles. The predicted molar refractivity (Wildman–Crippen MR) is 77.9 cm³/mol. The van der Waals surface area contributed by atoms with Crippen molar-refractivity contribution >= 4 is 11.6 Å². The van der Waals surface area contributed by atoms with E-state index in [2.05, 4.69) is 11.0 Å². The predicted octanol–water partition coefficient (Wildman–Crippen LogP) is 0.835. The molecule has 0 unspecified atom stereocenters. The summed E-state index contributed by atoms with van der Waals surface area (Å²) in [6.45, 7) is 3.17. The number of methoxy groups -OCH3 is 1. The maximum absolute atomic E-state index is 12.2. The molecule has 0 aromatic heterocycles. The molecule has 0 atom stereocenters. The molecule has 1 aliphatic carbocycles. The van der Waals surface area contributed by atoms with Crippen molar-refractivity contribution in [2.24, 2.45) is 5.73 Å². The molecule has 2 N–H and O–H groups in total. The van der Waals surface area contributed by atoms with Crippen molar-refractivity contribution < 1.29 is 9.53 Å². The van der Waals surface area contributed by atoms with Crippen LogP contribution in [-0.4, -0.2) is 49.6 Å². The van der Waals surface area contributed by atoms with Crippen molar-refractivity contribution in [1.29, 1.82) is 0 Å². The summed E-state index contributed by atoms with van der Waals surface area (Å²) in [5.41, 5.74) is 6.58. The molecule has 2 fully saturated rings. The van der Waals surface area contributed by atoms with Crippen LogP contribution in [0.3, 0.4) is 0 Å². The third kappa shape index (κ3) is 2.45. The van der Waals surface area contributed by atoms with Crippen LogP contribution in [0.4, 0.5) is 5.69 Å². The van der Waals surface area contributed by atoms with E-state index >= 15 is 0 Å². The first-order valence-electron chi connectivity index (χ1n) is 7.10. The molecule has 1 saturated heterocycles.